The number of imide groups is 1. The topological polar surface area (TPSA) is 70.7 Å². The third-order valence-corrected chi connectivity index (χ3v) is 2.35. The van der Waals surface area contributed by atoms with Crippen molar-refractivity contribution in [3.05, 3.63) is 0 Å². The van der Waals surface area contributed by atoms with E-state index in [1.54, 1.807) is 0 Å². The van der Waals surface area contributed by atoms with Crippen LogP contribution in [0.2, 0.25) is 0 Å². The fraction of sp³-hybridized carbons (Fsp3) is 0.750. The molecule has 0 aromatic rings. The van der Waals surface area contributed by atoms with E-state index in [0.717, 1.165) is 13.1 Å². The zero-order chi connectivity index (χ0) is 9.97. The Bertz CT molecular complexity index is 236. The average molecular weight is 199 g/mol. The molecule has 0 bridgehead atoms. The Hall–Kier alpha value is -1.14. The third kappa shape index (κ3) is 1.85. The monoisotopic (exact) mass is 199 g/mol. The van der Waals surface area contributed by atoms with Gasteiger partial charge in [-0.25, -0.2) is 4.79 Å². The van der Waals surface area contributed by atoms with Gasteiger partial charge in [0.15, 0.2) is 0 Å². The van der Waals surface area contributed by atoms with E-state index in [2.05, 4.69) is 10.6 Å². The van der Waals surface area contributed by atoms with E-state index in [1.165, 1.54) is 4.90 Å². The van der Waals surface area contributed by atoms with Gasteiger partial charge >= 0.3 is 6.03 Å². The number of hydrogen-bond acceptors (Lipinski definition) is 4. The molecule has 0 radical (unpaired) electrons. The molecule has 2 aliphatic heterocycles. The first kappa shape index (κ1) is 9.42. The average Bonchev–Trinajstić information content (AvgIpc) is 2.39. The fourth-order valence-corrected chi connectivity index (χ4v) is 1.37. The van der Waals surface area contributed by atoms with Crippen LogP contribution < -0.4 is 10.6 Å². The lowest BCUT2D eigenvalue weighted by Crippen LogP contribution is -2.49. The molecule has 2 aliphatic rings. The van der Waals surface area contributed by atoms with Crippen LogP contribution in [-0.4, -0.2) is 55.7 Å². The molecule has 2 fully saturated rings. The summed E-state index contributed by atoms with van der Waals surface area (Å²) in [4.78, 5) is 23.4. The summed E-state index contributed by atoms with van der Waals surface area (Å²) in [5.41, 5.74) is 0. The summed E-state index contributed by atoms with van der Waals surface area (Å²) in [5, 5.41) is 5.53. The zero-order valence-corrected chi connectivity index (χ0v) is 7.78. The van der Waals surface area contributed by atoms with Gasteiger partial charge in [-0.15, -0.1) is 0 Å². The highest BCUT2D eigenvalue weighted by Gasteiger charge is 2.28. The number of urea groups is 1. The lowest BCUT2D eigenvalue weighted by Gasteiger charge is -2.27. The van der Waals surface area contributed by atoms with Crippen molar-refractivity contribution in [2.45, 2.75) is 6.10 Å². The van der Waals surface area contributed by atoms with Crippen LogP contribution in [0.15, 0.2) is 0 Å². The summed E-state index contributed by atoms with van der Waals surface area (Å²) in [5.74, 6) is -0.176. The Kier molecular flexibility index (Phi) is 2.64. The van der Waals surface area contributed by atoms with Crippen LogP contribution in [0.4, 0.5) is 4.79 Å². The molecule has 78 valence electrons. The van der Waals surface area contributed by atoms with E-state index < -0.39 is 0 Å². The molecule has 2 saturated heterocycles. The maximum atomic E-state index is 11.1. The molecule has 6 nitrogen and oxygen atoms in total. The highest BCUT2D eigenvalue weighted by Crippen LogP contribution is 2.01. The Labute approximate surface area is 81.6 Å². The van der Waals surface area contributed by atoms with Crippen LogP contribution in [0, 0.1) is 0 Å². The van der Waals surface area contributed by atoms with Crippen molar-refractivity contribution >= 4 is 11.9 Å². The van der Waals surface area contributed by atoms with Gasteiger partial charge < -0.3 is 15.4 Å². The first-order chi connectivity index (χ1) is 6.77. The van der Waals surface area contributed by atoms with Crippen LogP contribution in [0.25, 0.3) is 0 Å². The number of carbonyl (C=O) groups is 2. The molecule has 6 heteroatoms. The number of nitrogens with zero attached hydrogens (tertiary/aromatic N) is 1. The number of hydrogen-bond donors (Lipinski definition) is 2. The maximum Gasteiger partial charge on any atom is 0.324 e. The van der Waals surface area contributed by atoms with Crippen LogP contribution in [0.1, 0.15) is 0 Å². The van der Waals surface area contributed by atoms with E-state index in [4.69, 9.17) is 4.74 Å². The maximum absolute atomic E-state index is 11.1. The van der Waals surface area contributed by atoms with E-state index >= 15 is 0 Å². The SMILES string of the molecule is O=C1CNC(=O)N1CCOC1CNC1. The summed E-state index contributed by atoms with van der Waals surface area (Å²) >= 11 is 0. The molecule has 3 amide bonds. The van der Waals surface area contributed by atoms with Crippen molar-refractivity contribution in [3.8, 4) is 0 Å². The van der Waals surface area contributed by atoms with E-state index in [9.17, 15) is 9.59 Å². The highest BCUT2D eigenvalue weighted by molar-refractivity contribution is 6.01. The fourth-order valence-electron chi connectivity index (χ4n) is 1.37. The predicted octanol–water partition coefficient (Wildman–Crippen LogP) is -1.47. The Morgan fingerprint density at radius 3 is 2.71 bits per heavy atom. The molecule has 0 spiro atoms. The summed E-state index contributed by atoms with van der Waals surface area (Å²) < 4.78 is 5.40. The van der Waals surface area contributed by atoms with Gasteiger partial charge in [-0.05, 0) is 0 Å². The highest BCUT2D eigenvalue weighted by atomic mass is 16.5. The predicted molar refractivity (Wildman–Crippen MR) is 47.7 cm³/mol. The van der Waals surface area contributed by atoms with Gasteiger partial charge in [0.1, 0.15) is 0 Å². The Balaban J connectivity index is 1.68. The Morgan fingerprint density at radius 2 is 2.21 bits per heavy atom. The van der Waals surface area contributed by atoms with Gasteiger partial charge in [-0.1, -0.05) is 0 Å². The van der Waals surface area contributed by atoms with E-state index in [1.807, 2.05) is 0 Å². The van der Waals surface area contributed by atoms with Crippen LogP contribution >= 0.6 is 0 Å². The summed E-state index contributed by atoms with van der Waals surface area (Å²) in [6.07, 6.45) is 0.246. The lowest BCUT2D eigenvalue weighted by molar-refractivity contribution is -0.125. The third-order valence-electron chi connectivity index (χ3n) is 2.35. The minimum absolute atomic E-state index is 0.115. The zero-order valence-electron chi connectivity index (χ0n) is 7.78. The quantitative estimate of drug-likeness (QED) is 0.542. The molecular formula is C8H13N3O3. The van der Waals surface area contributed by atoms with Gasteiger partial charge in [0.2, 0.25) is 5.91 Å². The summed E-state index contributed by atoms with van der Waals surface area (Å²) in [6.45, 7) is 2.61. The van der Waals surface area contributed by atoms with Crippen molar-refractivity contribution in [2.24, 2.45) is 0 Å². The standard InChI is InChI=1S/C8H13N3O3/c12-7-5-10-8(13)11(7)1-2-14-6-3-9-4-6/h6,9H,1-5H2,(H,10,13). The first-order valence-electron chi connectivity index (χ1n) is 4.68. The van der Waals surface area contributed by atoms with E-state index in [-0.39, 0.29) is 24.6 Å². The number of ether oxygens (including phenoxy) is 1. The van der Waals surface area contributed by atoms with Crippen molar-refractivity contribution in [2.75, 3.05) is 32.8 Å². The number of nitrogens with one attached hydrogen (secondary N) is 2. The molecule has 2 N–H and O–H groups in total. The number of amides is 3. The molecule has 2 rings (SSSR count). The molecule has 0 unspecified atom stereocenters. The van der Waals surface area contributed by atoms with Gasteiger partial charge in [0, 0.05) is 13.1 Å². The van der Waals surface area contributed by atoms with Crippen LogP contribution in [-0.2, 0) is 9.53 Å². The summed E-state index contributed by atoms with van der Waals surface area (Å²) in [7, 11) is 0. The number of carbonyl (C=O) groups excluding carboxylic acids is 2. The van der Waals surface area contributed by atoms with Crippen molar-refractivity contribution in [3.63, 3.8) is 0 Å². The largest absolute Gasteiger partial charge is 0.374 e. The molecule has 14 heavy (non-hydrogen) atoms. The smallest absolute Gasteiger partial charge is 0.324 e. The van der Waals surface area contributed by atoms with E-state index in [0.29, 0.717) is 13.2 Å². The Morgan fingerprint density at radius 1 is 1.43 bits per heavy atom. The normalized spacial score (nSPS) is 22.4. The van der Waals surface area contributed by atoms with Gasteiger partial charge in [0.05, 0.1) is 25.8 Å². The summed E-state index contributed by atoms with van der Waals surface area (Å²) in [6, 6.07) is -0.315. The molecule has 0 aliphatic carbocycles. The van der Waals surface area contributed by atoms with Gasteiger partial charge in [0.25, 0.3) is 0 Å². The second kappa shape index (κ2) is 3.93. The van der Waals surface area contributed by atoms with Crippen molar-refractivity contribution in [1.82, 2.24) is 15.5 Å². The van der Waals surface area contributed by atoms with Gasteiger partial charge in [-0.2, -0.15) is 0 Å². The van der Waals surface area contributed by atoms with Gasteiger partial charge in [-0.3, -0.25) is 9.69 Å². The molecule has 2 heterocycles. The molecule has 0 aromatic heterocycles. The molecular weight excluding hydrogens is 186 g/mol. The first-order valence-corrected chi connectivity index (χ1v) is 4.68. The molecule has 0 saturated carbocycles. The number of rotatable bonds is 4. The van der Waals surface area contributed by atoms with Crippen LogP contribution in [0.3, 0.4) is 0 Å². The van der Waals surface area contributed by atoms with Crippen LogP contribution in [0.5, 0.6) is 0 Å². The molecule has 0 aromatic carbocycles. The van der Waals surface area contributed by atoms with Crippen molar-refractivity contribution in [1.29, 1.82) is 0 Å². The minimum atomic E-state index is -0.315. The molecule has 0 atom stereocenters. The second-order valence-corrected chi connectivity index (χ2v) is 3.36. The second-order valence-electron chi connectivity index (χ2n) is 3.36. The minimum Gasteiger partial charge on any atom is -0.374 e. The van der Waals surface area contributed by atoms with Crippen molar-refractivity contribution < 1.29 is 14.3 Å². The lowest BCUT2D eigenvalue weighted by atomic mass is 10.2.